The third kappa shape index (κ3) is 8.08. The van der Waals surface area contributed by atoms with E-state index in [4.69, 9.17) is 23.2 Å². The van der Waals surface area contributed by atoms with Crippen LogP contribution in [0.5, 0.6) is 0 Å². The fourth-order valence-corrected chi connectivity index (χ4v) is 4.54. The van der Waals surface area contributed by atoms with E-state index in [9.17, 15) is 27.6 Å². The highest BCUT2D eigenvalue weighted by Crippen LogP contribution is 2.31. The zero-order valence-electron chi connectivity index (χ0n) is 20.9. The van der Waals surface area contributed by atoms with Crippen LogP contribution in [0.15, 0.2) is 48.6 Å². The molecular weight excluding hydrogens is 540 g/mol. The molecule has 1 saturated carbocycles. The molecule has 0 unspecified atom stereocenters. The van der Waals surface area contributed by atoms with Gasteiger partial charge in [0.1, 0.15) is 0 Å². The van der Waals surface area contributed by atoms with Crippen molar-refractivity contribution in [3.05, 3.63) is 87.3 Å². The van der Waals surface area contributed by atoms with E-state index in [0.29, 0.717) is 23.4 Å². The van der Waals surface area contributed by atoms with Crippen molar-refractivity contribution in [1.82, 2.24) is 10.2 Å². The standard InChI is InChI=1S/C28H28Cl2F3N2O3/c1-17-12-19(16-20(13-17)28(31,32)33)27(38)35(2)21(14-18-8-10-22(29)23(30)15-18)9-11-26(37)34-24-6-4-3-5-7-25(24)36/h8-16,21,24H,3-7H2,1-2H3,(H,34,37)/b11-9+/t21-,24+/m0/s1. The molecule has 2 aromatic carbocycles. The lowest BCUT2D eigenvalue weighted by Gasteiger charge is -2.26. The van der Waals surface area contributed by atoms with Crippen LogP contribution in [-0.4, -0.2) is 41.6 Å². The normalized spacial score (nSPS) is 17.2. The van der Waals surface area contributed by atoms with E-state index in [0.717, 1.165) is 31.4 Å². The smallest absolute Gasteiger partial charge is 0.343 e. The maximum absolute atomic E-state index is 13.3. The molecule has 10 heteroatoms. The van der Waals surface area contributed by atoms with Gasteiger partial charge in [-0.2, -0.15) is 13.2 Å². The fraction of sp³-hybridized carbons (Fsp3) is 0.357. The van der Waals surface area contributed by atoms with Crippen molar-refractivity contribution in [2.45, 2.75) is 57.3 Å². The molecule has 38 heavy (non-hydrogen) atoms. The van der Waals surface area contributed by atoms with Gasteiger partial charge in [0.2, 0.25) is 5.91 Å². The van der Waals surface area contributed by atoms with Gasteiger partial charge in [-0.3, -0.25) is 14.4 Å². The van der Waals surface area contributed by atoms with Crippen LogP contribution in [0.3, 0.4) is 0 Å². The second kappa shape index (κ2) is 12.8. The average molecular weight is 568 g/mol. The average Bonchev–Trinajstić information content (AvgIpc) is 3.05. The maximum atomic E-state index is 13.3. The number of carbonyl (C=O) groups is 3. The molecule has 2 amide bonds. The van der Waals surface area contributed by atoms with Gasteiger partial charge in [-0.25, -0.2) is 0 Å². The molecule has 0 spiro atoms. The highest BCUT2D eigenvalue weighted by molar-refractivity contribution is 6.42. The highest BCUT2D eigenvalue weighted by Gasteiger charge is 2.32. The minimum atomic E-state index is -4.61. The quantitative estimate of drug-likeness (QED) is 0.303. The Hall–Kier alpha value is -2.84. The molecule has 1 fully saturated rings. The maximum Gasteiger partial charge on any atom is 0.416 e. The zero-order valence-corrected chi connectivity index (χ0v) is 22.5. The van der Waals surface area contributed by atoms with Crippen molar-refractivity contribution in [3.63, 3.8) is 0 Å². The van der Waals surface area contributed by atoms with E-state index in [-0.39, 0.29) is 21.9 Å². The SMILES string of the molecule is Cc1cc(C(=O)N(C)[C@H]([CH]c2ccc(Cl)c(Cl)c2)/C=C/C(=O)N[C@@H]2CCCCCC2=O)cc(C(F)(F)F)c1. The van der Waals surface area contributed by atoms with Gasteiger partial charge in [0.15, 0.2) is 5.78 Å². The molecule has 3 rings (SSSR count). The monoisotopic (exact) mass is 567 g/mol. The second-order valence-corrected chi connectivity index (χ2v) is 10.1. The molecule has 0 heterocycles. The number of ketones is 1. The first-order valence-corrected chi connectivity index (χ1v) is 12.9. The number of nitrogens with zero attached hydrogens (tertiary/aromatic N) is 1. The molecule has 2 atom stereocenters. The van der Waals surface area contributed by atoms with Gasteiger partial charge in [-0.05, 0) is 61.2 Å². The summed E-state index contributed by atoms with van der Waals surface area (Å²) >= 11 is 12.1. The summed E-state index contributed by atoms with van der Waals surface area (Å²) in [7, 11) is 1.42. The summed E-state index contributed by atoms with van der Waals surface area (Å²) in [5, 5.41) is 3.32. The lowest BCUT2D eigenvalue weighted by molar-refractivity contribution is -0.137. The van der Waals surface area contributed by atoms with Gasteiger partial charge in [0.05, 0.1) is 27.7 Å². The van der Waals surface area contributed by atoms with Crippen LogP contribution in [0.2, 0.25) is 10.0 Å². The summed E-state index contributed by atoms with van der Waals surface area (Å²) < 4.78 is 40.0. The number of Topliss-reactive ketones (excluding diaryl/α,β-unsaturated/α-hetero) is 1. The largest absolute Gasteiger partial charge is 0.416 e. The Morgan fingerprint density at radius 1 is 1.08 bits per heavy atom. The third-order valence-electron chi connectivity index (χ3n) is 6.29. The van der Waals surface area contributed by atoms with E-state index in [1.165, 1.54) is 37.1 Å². The topological polar surface area (TPSA) is 66.5 Å². The molecule has 1 aliphatic carbocycles. The molecule has 1 radical (unpaired) electrons. The van der Waals surface area contributed by atoms with Crippen LogP contribution in [0.25, 0.3) is 0 Å². The molecule has 203 valence electrons. The Kier molecular flexibility index (Phi) is 10.0. The predicted molar refractivity (Wildman–Crippen MR) is 141 cm³/mol. The minimum absolute atomic E-state index is 0.0182. The number of amides is 2. The van der Waals surface area contributed by atoms with Crippen molar-refractivity contribution in [2.75, 3.05) is 7.05 Å². The van der Waals surface area contributed by atoms with Crippen molar-refractivity contribution in [2.24, 2.45) is 0 Å². The molecule has 0 saturated heterocycles. The Bertz CT molecular complexity index is 1230. The van der Waals surface area contributed by atoms with Gasteiger partial charge >= 0.3 is 6.18 Å². The lowest BCUT2D eigenvalue weighted by atomic mass is 10.0. The molecule has 5 nitrogen and oxygen atoms in total. The Labute approximate surface area is 230 Å². The van der Waals surface area contributed by atoms with Crippen LogP contribution in [-0.2, 0) is 15.8 Å². The number of hydrogen-bond donors (Lipinski definition) is 1. The number of carbonyl (C=O) groups excluding carboxylic acids is 3. The number of hydrogen-bond acceptors (Lipinski definition) is 3. The number of rotatable bonds is 7. The molecule has 0 bridgehead atoms. The minimum Gasteiger partial charge on any atom is -0.343 e. The van der Waals surface area contributed by atoms with Crippen LogP contribution in [0, 0.1) is 13.3 Å². The Morgan fingerprint density at radius 3 is 2.50 bits per heavy atom. The summed E-state index contributed by atoms with van der Waals surface area (Å²) in [4.78, 5) is 39.4. The van der Waals surface area contributed by atoms with E-state index < -0.39 is 35.6 Å². The number of halogens is 5. The van der Waals surface area contributed by atoms with Gasteiger partial charge < -0.3 is 10.2 Å². The van der Waals surface area contributed by atoms with Crippen LogP contribution < -0.4 is 5.32 Å². The molecule has 2 aromatic rings. The molecular formula is C28H28Cl2F3N2O3. The predicted octanol–water partition coefficient (Wildman–Crippen LogP) is 6.59. The lowest BCUT2D eigenvalue weighted by Crippen LogP contribution is -2.40. The molecule has 1 aliphatic rings. The molecule has 0 aliphatic heterocycles. The van der Waals surface area contributed by atoms with Crippen LogP contribution in [0.4, 0.5) is 13.2 Å². The van der Waals surface area contributed by atoms with Gasteiger partial charge in [0.25, 0.3) is 5.91 Å². The highest BCUT2D eigenvalue weighted by atomic mass is 35.5. The van der Waals surface area contributed by atoms with E-state index in [1.54, 1.807) is 24.6 Å². The van der Waals surface area contributed by atoms with E-state index >= 15 is 0 Å². The first kappa shape index (κ1) is 29.7. The summed E-state index contributed by atoms with van der Waals surface area (Å²) in [5.74, 6) is -1.20. The number of benzene rings is 2. The summed E-state index contributed by atoms with van der Waals surface area (Å²) in [6, 6.07) is 6.53. The van der Waals surface area contributed by atoms with Crippen LogP contribution in [0.1, 0.15) is 59.2 Å². The fourth-order valence-electron chi connectivity index (χ4n) is 4.24. The van der Waals surface area contributed by atoms with E-state index in [2.05, 4.69) is 5.32 Å². The van der Waals surface area contributed by atoms with Crippen molar-refractivity contribution < 1.29 is 27.6 Å². The first-order chi connectivity index (χ1) is 17.8. The summed E-state index contributed by atoms with van der Waals surface area (Å²) in [6.45, 7) is 1.48. The Balaban J connectivity index is 1.87. The van der Waals surface area contributed by atoms with E-state index in [1.807, 2.05) is 0 Å². The first-order valence-electron chi connectivity index (χ1n) is 12.1. The molecule has 0 aromatic heterocycles. The zero-order chi connectivity index (χ0) is 28.0. The van der Waals surface area contributed by atoms with Crippen molar-refractivity contribution >= 4 is 40.8 Å². The molecule has 1 N–H and O–H groups in total. The Morgan fingerprint density at radius 2 is 1.82 bits per heavy atom. The van der Waals surface area contributed by atoms with Gasteiger partial charge in [-0.1, -0.05) is 48.2 Å². The van der Waals surface area contributed by atoms with Crippen molar-refractivity contribution in [3.8, 4) is 0 Å². The number of nitrogens with one attached hydrogen (secondary N) is 1. The number of alkyl halides is 3. The number of likely N-dealkylation sites (N-methyl/N-ethyl adjacent to an activating group) is 1. The van der Waals surface area contributed by atoms with Gasteiger partial charge in [0, 0.05) is 31.5 Å². The summed E-state index contributed by atoms with van der Waals surface area (Å²) in [6.07, 6.45) is 3.21. The third-order valence-corrected chi connectivity index (χ3v) is 7.03. The van der Waals surface area contributed by atoms with Crippen LogP contribution >= 0.6 is 23.2 Å². The second-order valence-electron chi connectivity index (χ2n) is 9.32. The van der Waals surface area contributed by atoms with Crippen molar-refractivity contribution in [1.29, 1.82) is 0 Å². The van der Waals surface area contributed by atoms with Gasteiger partial charge in [-0.15, -0.1) is 0 Å². The number of aryl methyl sites for hydroxylation is 1. The summed E-state index contributed by atoms with van der Waals surface area (Å²) in [5.41, 5.74) is -0.214.